The van der Waals surface area contributed by atoms with E-state index in [2.05, 4.69) is 58.8 Å². The molecule has 49 heavy (non-hydrogen) atoms. The van der Waals surface area contributed by atoms with E-state index < -0.39 is 6.03 Å². The third-order valence-electron chi connectivity index (χ3n) is 7.30. The molecule has 1 saturated carbocycles. The number of urea groups is 2. The van der Waals surface area contributed by atoms with Gasteiger partial charge in [-0.25, -0.2) is 19.6 Å². The average molecular weight is 689 g/mol. The predicted molar refractivity (Wildman–Crippen MR) is 191 cm³/mol. The normalized spacial score (nSPS) is 12.9. The van der Waals surface area contributed by atoms with Gasteiger partial charge in [-0.15, -0.1) is 0 Å². The van der Waals surface area contributed by atoms with Gasteiger partial charge in [-0.3, -0.25) is 39.8 Å². The summed E-state index contributed by atoms with van der Waals surface area (Å²) in [6.45, 7) is 13.0. The molecule has 0 radical (unpaired) electrons. The number of unbranched alkanes of at least 4 members (excludes halogenated alkanes) is 3. The molecule has 0 aliphatic heterocycles. The maximum Gasteiger partial charge on any atom is 0.321 e. The number of hydrogen-bond donors (Lipinski definition) is 8. The zero-order valence-corrected chi connectivity index (χ0v) is 29.9. The molecule has 0 unspecified atom stereocenters. The van der Waals surface area contributed by atoms with Crippen LogP contribution < -0.4 is 43.0 Å². The van der Waals surface area contributed by atoms with Crippen molar-refractivity contribution in [2.24, 2.45) is 0 Å². The van der Waals surface area contributed by atoms with Gasteiger partial charge in [0.2, 0.25) is 23.7 Å². The maximum atomic E-state index is 11.9. The number of anilines is 2. The first-order valence-electron chi connectivity index (χ1n) is 17.1. The molecule has 16 nitrogen and oxygen atoms in total. The SMILES string of the molecule is CCC(=O)NCCCCCCNC(=O)Nc1nc(C)cc(=O)[nH]1.CCNC(=O)CC.Cc1cc(=O)[nH]c(NC(=O)NC2(C)CCCCC2)n1. The molecule has 0 atom stereocenters. The van der Waals surface area contributed by atoms with Crippen LogP contribution in [0.4, 0.5) is 21.5 Å². The molecule has 2 aromatic rings. The number of rotatable bonds is 13. The van der Waals surface area contributed by atoms with Crippen LogP contribution in [-0.4, -0.2) is 69.0 Å². The van der Waals surface area contributed by atoms with Crippen LogP contribution in [0, 0.1) is 13.8 Å². The van der Waals surface area contributed by atoms with Gasteiger partial charge in [-0.2, -0.15) is 0 Å². The van der Waals surface area contributed by atoms with Gasteiger partial charge >= 0.3 is 12.1 Å². The van der Waals surface area contributed by atoms with E-state index in [1.54, 1.807) is 13.8 Å². The Morgan fingerprint density at radius 3 is 1.61 bits per heavy atom. The van der Waals surface area contributed by atoms with Gasteiger partial charge in [0.25, 0.3) is 11.1 Å². The lowest BCUT2D eigenvalue weighted by Gasteiger charge is -2.34. The standard InChI is InChI=1S/C15H25N5O3.C13H20N4O2.C5H11NO/c1-3-12(21)16-8-6-4-5-7-9-17-15(23)20-14-18-11(2)10-13(22)19-14;1-9-8-10(18)15-11(14-9)16-12(19)17-13(2)6-4-3-5-7-13;1-3-5(7)6-4-2/h10H,3-9H2,1-2H3,(H,16,21)(H3,17,18,19,20,22,23);8H,3-7H2,1-2H3,(H3,14,15,16,17,18,19);3-4H2,1-2H3,(H,6,7). The molecule has 0 saturated heterocycles. The van der Waals surface area contributed by atoms with Gasteiger partial charge < -0.3 is 21.3 Å². The number of nitrogens with one attached hydrogen (secondary N) is 8. The predicted octanol–water partition coefficient (Wildman–Crippen LogP) is 3.74. The fourth-order valence-corrected chi connectivity index (χ4v) is 4.78. The first kappa shape index (κ1) is 42.3. The van der Waals surface area contributed by atoms with Crippen molar-refractivity contribution >= 4 is 35.8 Å². The zero-order chi connectivity index (χ0) is 36.7. The highest BCUT2D eigenvalue weighted by Crippen LogP contribution is 2.27. The molecular formula is C33H56N10O6. The molecule has 1 fully saturated rings. The fourth-order valence-electron chi connectivity index (χ4n) is 4.78. The van der Waals surface area contributed by atoms with Crippen molar-refractivity contribution in [3.05, 3.63) is 44.2 Å². The van der Waals surface area contributed by atoms with Crippen LogP contribution in [0.2, 0.25) is 0 Å². The van der Waals surface area contributed by atoms with E-state index in [0.29, 0.717) is 37.3 Å². The molecule has 0 spiro atoms. The Labute approximate surface area is 288 Å². The number of aromatic amines is 2. The molecule has 2 aromatic heterocycles. The molecular weight excluding hydrogens is 632 g/mol. The van der Waals surface area contributed by atoms with Crippen LogP contribution in [-0.2, 0) is 9.59 Å². The molecule has 3 rings (SSSR count). The summed E-state index contributed by atoms with van der Waals surface area (Å²) >= 11 is 0. The van der Waals surface area contributed by atoms with Crippen LogP contribution in [0.15, 0.2) is 21.7 Å². The minimum atomic E-state index is -0.394. The topological polar surface area (TPSA) is 232 Å². The summed E-state index contributed by atoms with van der Waals surface area (Å²) in [5.41, 5.74) is 0.378. The summed E-state index contributed by atoms with van der Waals surface area (Å²) in [7, 11) is 0. The van der Waals surface area contributed by atoms with Gasteiger partial charge in [-0.05, 0) is 53.4 Å². The summed E-state index contributed by atoms with van der Waals surface area (Å²) in [6, 6.07) is 2.02. The number of H-pyrrole nitrogens is 2. The van der Waals surface area contributed by atoms with Crippen molar-refractivity contribution in [2.75, 3.05) is 30.3 Å². The fraction of sp³-hybridized carbons (Fsp3) is 0.636. The lowest BCUT2D eigenvalue weighted by molar-refractivity contribution is -0.121. The number of hydrogen-bond acceptors (Lipinski definition) is 8. The summed E-state index contributed by atoms with van der Waals surface area (Å²) in [6.07, 6.45) is 10.3. The van der Waals surface area contributed by atoms with Crippen LogP contribution in [0.3, 0.4) is 0 Å². The highest BCUT2D eigenvalue weighted by molar-refractivity contribution is 5.88. The van der Waals surface area contributed by atoms with Gasteiger partial charge in [0.05, 0.1) is 0 Å². The number of nitrogens with zero attached hydrogens (tertiary/aromatic N) is 2. The van der Waals surface area contributed by atoms with Gasteiger partial charge in [0.15, 0.2) is 0 Å². The van der Waals surface area contributed by atoms with E-state index in [0.717, 1.165) is 57.9 Å². The van der Waals surface area contributed by atoms with E-state index in [4.69, 9.17) is 0 Å². The molecule has 1 aliphatic carbocycles. The van der Waals surface area contributed by atoms with E-state index in [1.165, 1.54) is 18.6 Å². The molecule has 274 valence electrons. The lowest BCUT2D eigenvalue weighted by atomic mass is 9.83. The Hall–Kier alpha value is -4.76. The minimum absolute atomic E-state index is 0.0751. The van der Waals surface area contributed by atoms with Crippen molar-refractivity contribution in [3.8, 4) is 0 Å². The first-order chi connectivity index (χ1) is 23.3. The Bertz CT molecular complexity index is 1440. The third kappa shape index (κ3) is 20.3. The Kier molecular flexibility index (Phi) is 20.3. The van der Waals surface area contributed by atoms with Crippen molar-refractivity contribution in [1.29, 1.82) is 0 Å². The summed E-state index contributed by atoms with van der Waals surface area (Å²) in [4.78, 5) is 80.4. The molecule has 8 N–H and O–H groups in total. The summed E-state index contributed by atoms with van der Waals surface area (Å²) < 4.78 is 0. The number of aryl methyl sites for hydroxylation is 2. The maximum absolute atomic E-state index is 11.9. The van der Waals surface area contributed by atoms with Gasteiger partial charge in [-0.1, -0.05) is 46.0 Å². The molecule has 2 heterocycles. The van der Waals surface area contributed by atoms with Crippen molar-refractivity contribution < 1.29 is 19.2 Å². The Morgan fingerprint density at radius 2 is 1.16 bits per heavy atom. The third-order valence-corrected chi connectivity index (χ3v) is 7.30. The Morgan fingerprint density at radius 1 is 0.694 bits per heavy atom. The lowest BCUT2D eigenvalue weighted by Crippen LogP contribution is -2.49. The largest absolute Gasteiger partial charge is 0.356 e. The molecule has 0 aromatic carbocycles. The van der Waals surface area contributed by atoms with E-state index in [-0.39, 0.29) is 46.4 Å². The number of carbonyl (C=O) groups is 4. The molecule has 6 amide bonds. The summed E-state index contributed by atoms with van der Waals surface area (Å²) in [5, 5.41) is 16.2. The molecule has 16 heteroatoms. The second-order valence-corrected chi connectivity index (χ2v) is 12.0. The van der Waals surface area contributed by atoms with Crippen LogP contribution in [0.5, 0.6) is 0 Å². The number of aromatic nitrogens is 4. The number of amides is 6. The average Bonchev–Trinajstić information content (AvgIpc) is 3.02. The van der Waals surface area contributed by atoms with Gasteiger partial charge in [0, 0.05) is 61.5 Å². The Balaban J connectivity index is 0.000000415. The summed E-state index contributed by atoms with van der Waals surface area (Å²) in [5.74, 6) is 0.523. The second kappa shape index (κ2) is 23.5. The van der Waals surface area contributed by atoms with Gasteiger partial charge in [0.1, 0.15) is 0 Å². The highest BCUT2D eigenvalue weighted by Gasteiger charge is 2.28. The van der Waals surface area contributed by atoms with E-state index >= 15 is 0 Å². The van der Waals surface area contributed by atoms with Crippen LogP contribution in [0.25, 0.3) is 0 Å². The van der Waals surface area contributed by atoms with Crippen molar-refractivity contribution in [1.82, 2.24) is 41.2 Å². The molecule has 0 bridgehead atoms. The second-order valence-electron chi connectivity index (χ2n) is 12.0. The van der Waals surface area contributed by atoms with Crippen LogP contribution >= 0.6 is 0 Å². The van der Waals surface area contributed by atoms with Crippen molar-refractivity contribution in [2.45, 2.75) is 118 Å². The first-order valence-corrected chi connectivity index (χ1v) is 17.1. The minimum Gasteiger partial charge on any atom is -0.356 e. The number of carbonyl (C=O) groups excluding carboxylic acids is 4. The van der Waals surface area contributed by atoms with E-state index in [1.807, 2.05) is 20.8 Å². The highest BCUT2D eigenvalue weighted by atomic mass is 16.2. The monoisotopic (exact) mass is 688 g/mol. The van der Waals surface area contributed by atoms with Crippen molar-refractivity contribution in [3.63, 3.8) is 0 Å². The quantitative estimate of drug-likeness (QED) is 0.144. The zero-order valence-electron chi connectivity index (χ0n) is 29.9. The smallest absolute Gasteiger partial charge is 0.321 e. The van der Waals surface area contributed by atoms with Crippen LogP contribution in [0.1, 0.15) is 110 Å². The van der Waals surface area contributed by atoms with E-state index in [9.17, 15) is 28.8 Å². The molecule has 1 aliphatic rings.